The fourth-order valence-corrected chi connectivity index (χ4v) is 3.47. The number of ether oxygens (including phenoxy) is 1. The molecule has 1 aromatic carbocycles. The molecule has 2 rings (SSSR count). The van der Waals surface area contributed by atoms with Gasteiger partial charge >= 0.3 is 6.09 Å². The van der Waals surface area contributed by atoms with Crippen molar-refractivity contribution in [1.82, 2.24) is 10.2 Å². The number of likely N-dealkylation sites (tertiary alicyclic amines) is 1. The zero-order valence-corrected chi connectivity index (χ0v) is 19.5. The number of amides is 2. The molecule has 0 aliphatic carbocycles. The molecule has 2 amide bonds. The molecular weight excluding hydrogens is 394 g/mol. The van der Waals surface area contributed by atoms with Crippen LogP contribution < -0.4 is 5.32 Å². The average Bonchev–Trinajstić information content (AvgIpc) is 2.70. The van der Waals surface area contributed by atoms with Crippen LogP contribution in [0.5, 0.6) is 0 Å². The molecule has 1 fully saturated rings. The number of piperidine rings is 1. The zero-order valence-electron chi connectivity index (χ0n) is 19.5. The number of nitrogens with zero attached hydrogens (tertiary/aromatic N) is 2. The molecule has 7 heteroatoms. The zero-order chi connectivity index (χ0) is 22.9. The number of hydrogen-bond donors (Lipinski definition) is 1. The lowest BCUT2D eigenvalue weighted by Crippen LogP contribution is -2.46. The summed E-state index contributed by atoms with van der Waals surface area (Å²) >= 11 is 0. The standard InChI is InChI=1S/C24H37N3O4/c1-18(2)15-20(16-25-23(29)31-24(3,4)5)22(28)27-13-11-21(12-14-27)26-30-17-19-9-7-6-8-10-19/h6-10,18,20H,11-17H2,1-5H3,(H,25,29)/t20-/m0/s1. The largest absolute Gasteiger partial charge is 0.444 e. The lowest BCUT2D eigenvalue weighted by atomic mass is 9.94. The van der Waals surface area contributed by atoms with Gasteiger partial charge in [-0.3, -0.25) is 4.79 Å². The van der Waals surface area contributed by atoms with Gasteiger partial charge in [-0.2, -0.15) is 0 Å². The van der Waals surface area contributed by atoms with E-state index in [-0.39, 0.29) is 18.4 Å². The second-order valence-electron chi connectivity index (χ2n) is 9.45. The van der Waals surface area contributed by atoms with E-state index in [0.29, 0.717) is 44.9 Å². The molecule has 0 bridgehead atoms. The van der Waals surface area contributed by atoms with Crippen LogP contribution >= 0.6 is 0 Å². The van der Waals surface area contributed by atoms with E-state index in [0.717, 1.165) is 11.3 Å². The first-order valence-corrected chi connectivity index (χ1v) is 11.1. The highest BCUT2D eigenvalue weighted by atomic mass is 16.6. The average molecular weight is 432 g/mol. The Bertz CT molecular complexity index is 731. The summed E-state index contributed by atoms with van der Waals surface area (Å²) in [7, 11) is 0. The normalized spacial score (nSPS) is 15.4. The Morgan fingerprint density at radius 3 is 2.35 bits per heavy atom. The lowest BCUT2D eigenvalue weighted by Gasteiger charge is -2.31. The van der Waals surface area contributed by atoms with Crippen molar-refractivity contribution in [1.29, 1.82) is 0 Å². The molecule has 31 heavy (non-hydrogen) atoms. The summed E-state index contributed by atoms with van der Waals surface area (Å²) in [5.41, 5.74) is 1.49. The minimum absolute atomic E-state index is 0.0778. The molecule has 0 radical (unpaired) electrons. The molecule has 1 atom stereocenters. The SMILES string of the molecule is CC(C)C[C@@H](CNC(=O)OC(C)(C)C)C(=O)N1CCC(=NOCc2ccccc2)CC1. The van der Waals surface area contributed by atoms with Gasteiger partial charge in [-0.1, -0.05) is 49.3 Å². The number of benzene rings is 1. The molecule has 0 unspecified atom stereocenters. The van der Waals surface area contributed by atoms with Crippen LogP contribution in [0.25, 0.3) is 0 Å². The van der Waals surface area contributed by atoms with Crippen LogP contribution in [0.4, 0.5) is 4.79 Å². The van der Waals surface area contributed by atoms with Crippen LogP contribution in [0.3, 0.4) is 0 Å². The highest BCUT2D eigenvalue weighted by Crippen LogP contribution is 2.18. The smallest absolute Gasteiger partial charge is 0.407 e. The Hall–Kier alpha value is -2.57. The molecule has 7 nitrogen and oxygen atoms in total. The van der Waals surface area contributed by atoms with E-state index < -0.39 is 11.7 Å². The van der Waals surface area contributed by atoms with Crippen molar-refractivity contribution < 1.29 is 19.2 Å². The molecular formula is C24H37N3O4. The fourth-order valence-electron chi connectivity index (χ4n) is 3.47. The van der Waals surface area contributed by atoms with Crippen molar-refractivity contribution in [2.75, 3.05) is 19.6 Å². The van der Waals surface area contributed by atoms with Gasteiger partial charge in [-0.15, -0.1) is 0 Å². The predicted octanol–water partition coefficient (Wildman–Crippen LogP) is 4.37. The minimum Gasteiger partial charge on any atom is -0.444 e. The highest BCUT2D eigenvalue weighted by molar-refractivity contribution is 5.88. The number of hydrogen-bond acceptors (Lipinski definition) is 5. The summed E-state index contributed by atoms with van der Waals surface area (Å²) < 4.78 is 5.30. The highest BCUT2D eigenvalue weighted by Gasteiger charge is 2.28. The second kappa shape index (κ2) is 11.7. The number of alkyl carbamates (subject to hydrolysis) is 1. The van der Waals surface area contributed by atoms with Crippen molar-refractivity contribution in [3.63, 3.8) is 0 Å². The molecule has 1 aromatic rings. The maximum absolute atomic E-state index is 13.1. The van der Waals surface area contributed by atoms with Gasteiger partial charge in [0.15, 0.2) is 0 Å². The number of carbonyl (C=O) groups excluding carboxylic acids is 2. The fraction of sp³-hybridized carbons (Fsp3) is 0.625. The maximum Gasteiger partial charge on any atom is 0.407 e. The first kappa shape index (κ1) is 24.7. The van der Waals surface area contributed by atoms with Crippen LogP contribution in [-0.4, -0.2) is 47.8 Å². The molecule has 1 heterocycles. The molecule has 0 spiro atoms. The topological polar surface area (TPSA) is 80.2 Å². The van der Waals surface area contributed by atoms with Crippen LogP contribution in [0, 0.1) is 11.8 Å². The van der Waals surface area contributed by atoms with E-state index in [1.54, 1.807) is 0 Å². The van der Waals surface area contributed by atoms with Crippen molar-refractivity contribution in [3.8, 4) is 0 Å². The maximum atomic E-state index is 13.1. The summed E-state index contributed by atoms with van der Waals surface area (Å²) in [6, 6.07) is 9.92. The first-order chi connectivity index (χ1) is 14.6. The second-order valence-corrected chi connectivity index (χ2v) is 9.45. The van der Waals surface area contributed by atoms with E-state index in [1.807, 2.05) is 56.0 Å². The summed E-state index contributed by atoms with van der Waals surface area (Å²) in [4.78, 5) is 32.5. The van der Waals surface area contributed by atoms with Crippen molar-refractivity contribution in [3.05, 3.63) is 35.9 Å². The Balaban J connectivity index is 1.83. The van der Waals surface area contributed by atoms with Crippen molar-refractivity contribution >= 4 is 17.7 Å². The summed E-state index contributed by atoms with van der Waals surface area (Å²) in [6.07, 6.45) is 1.63. The third kappa shape index (κ3) is 9.40. The number of oxime groups is 1. The molecule has 1 aliphatic heterocycles. The van der Waals surface area contributed by atoms with Crippen LogP contribution in [0.1, 0.15) is 59.4 Å². The van der Waals surface area contributed by atoms with Crippen molar-refractivity contribution in [2.24, 2.45) is 17.0 Å². The monoisotopic (exact) mass is 431 g/mol. The number of rotatable bonds is 8. The third-order valence-corrected chi connectivity index (χ3v) is 4.92. The molecule has 0 saturated carbocycles. The number of carbonyl (C=O) groups is 2. The van der Waals surface area contributed by atoms with E-state index in [4.69, 9.17) is 9.57 Å². The van der Waals surface area contributed by atoms with Gasteiger partial charge in [-0.25, -0.2) is 4.79 Å². The Kier molecular flexibility index (Phi) is 9.34. The summed E-state index contributed by atoms with van der Waals surface area (Å²) in [5, 5.41) is 7.03. The third-order valence-electron chi connectivity index (χ3n) is 4.92. The summed E-state index contributed by atoms with van der Waals surface area (Å²) in [6.45, 7) is 11.6. The first-order valence-electron chi connectivity index (χ1n) is 11.1. The van der Waals surface area contributed by atoms with Gasteiger partial charge < -0.3 is 19.8 Å². The van der Waals surface area contributed by atoms with E-state index in [1.165, 1.54) is 0 Å². The Morgan fingerprint density at radius 2 is 1.77 bits per heavy atom. The lowest BCUT2D eigenvalue weighted by molar-refractivity contribution is -0.136. The molecule has 1 N–H and O–H groups in total. The van der Waals surface area contributed by atoms with Gasteiger partial charge in [-0.05, 0) is 38.7 Å². The Morgan fingerprint density at radius 1 is 1.13 bits per heavy atom. The molecule has 0 aromatic heterocycles. The molecule has 172 valence electrons. The molecule has 1 aliphatic rings. The van der Waals surface area contributed by atoms with Crippen LogP contribution in [-0.2, 0) is 21.0 Å². The van der Waals surface area contributed by atoms with Gasteiger partial charge in [0.25, 0.3) is 0 Å². The van der Waals surface area contributed by atoms with Gasteiger partial charge in [0.1, 0.15) is 12.2 Å². The summed E-state index contributed by atoms with van der Waals surface area (Å²) in [5.74, 6) is 0.164. The van der Waals surface area contributed by atoms with Crippen LogP contribution in [0.15, 0.2) is 35.5 Å². The minimum atomic E-state index is -0.563. The van der Waals surface area contributed by atoms with Crippen molar-refractivity contribution in [2.45, 2.75) is 66.1 Å². The van der Waals surface area contributed by atoms with E-state index in [2.05, 4.69) is 24.3 Å². The van der Waals surface area contributed by atoms with E-state index in [9.17, 15) is 9.59 Å². The van der Waals surface area contributed by atoms with Gasteiger partial charge in [0.05, 0.1) is 11.6 Å². The molecule has 1 saturated heterocycles. The number of nitrogens with one attached hydrogen (secondary N) is 1. The van der Waals surface area contributed by atoms with Crippen LogP contribution in [0.2, 0.25) is 0 Å². The quantitative estimate of drug-likeness (QED) is 0.620. The Labute approximate surface area is 186 Å². The van der Waals surface area contributed by atoms with E-state index >= 15 is 0 Å². The predicted molar refractivity (Wildman–Crippen MR) is 122 cm³/mol. The van der Waals surface area contributed by atoms with Gasteiger partial charge in [0, 0.05) is 32.5 Å². The van der Waals surface area contributed by atoms with Gasteiger partial charge in [0.2, 0.25) is 5.91 Å².